The topological polar surface area (TPSA) is 58.6 Å². The summed E-state index contributed by atoms with van der Waals surface area (Å²) < 4.78 is 5.18. The number of esters is 1. The molecule has 0 aliphatic rings. The van der Waals surface area contributed by atoms with E-state index in [0.717, 1.165) is 11.1 Å². The number of ether oxygens (including phenoxy) is 1. The summed E-state index contributed by atoms with van der Waals surface area (Å²) in [6.45, 7) is 2.02. The zero-order valence-electron chi connectivity index (χ0n) is 12.7. The van der Waals surface area contributed by atoms with Gasteiger partial charge in [0.05, 0.1) is 6.61 Å². The van der Waals surface area contributed by atoms with Crippen LogP contribution >= 0.6 is 0 Å². The quantitative estimate of drug-likeness (QED) is 0.610. The summed E-state index contributed by atoms with van der Waals surface area (Å²) in [5.41, 5.74) is 2.93. The van der Waals surface area contributed by atoms with Crippen LogP contribution in [0, 0.1) is 0 Å². The Morgan fingerprint density at radius 1 is 1.00 bits per heavy atom. The molecule has 0 aliphatic heterocycles. The van der Waals surface area contributed by atoms with Crippen molar-refractivity contribution in [2.75, 3.05) is 6.61 Å². The van der Waals surface area contributed by atoms with Crippen molar-refractivity contribution < 1.29 is 14.7 Å². The normalized spacial score (nSPS) is 11.2. The van der Waals surface area contributed by atoms with Crippen molar-refractivity contribution in [1.29, 1.82) is 0 Å². The highest BCUT2D eigenvalue weighted by Crippen LogP contribution is 2.21. The van der Waals surface area contributed by atoms with E-state index in [1.165, 1.54) is 0 Å². The Morgan fingerprint density at radius 3 is 1.82 bits per heavy atom. The highest BCUT2D eigenvalue weighted by molar-refractivity contribution is 5.81. The molecule has 0 fully saturated rings. The van der Waals surface area contributed by atoms with E-state index in [9.17, 15) is 10.0 Å². The summed E-state index contributed by atoms with van der Waals surface area (Å²) in [7, 11) is 0. The summed E-state index contributed by atoms with van der Waals surface area (Å²) in [5, 5.41) is 9.75. The molecule has 0 amide bonds. The fourth-order valence-corrected chi connectivity index (χ4v) is 2.49. The zero-order chi connectivity index (χ0) is 15.8. The van der Waals surface area contributed by atoms with Crippen molar-refractivity contribution in [2.45, 2.75) is 25.3 Å². The van der Waals surface area contributed by atoms with Crippen LogP contribution in [0.2, 0.25) is 0 Å². The second-order valence-electron chi connectivity index (χ2n) is 5.24. The van der Waals surface area contributed by atoms with Gasteiger partial charge in [-0.2, -0.15) is 5.48 Å². The van der Waals surface area contributed by atoms with E-state index in [4.69, 9.17) is 4.74 Å². The molecule has 0 saturated carbocycles. The number of carbonyl (C=O) groups is 1. The van der Waals surface area contributed by atoms with E-state index in [0.29, 0.717) is 12.8 Å². The van der Waals surface area contributed by atoms with Crippen molar-refractivity contribution >= 4 is 5.97 Å². The predicted molar refractivity (Wildman–Crippen MR) is 84.6 cm³/mol. The molecule has 2 aromatic rings. The molecule has 2 aromatic carbocycles. The number of hydroxylamine groups is 1. The molecule has 0 aromatic heterocycles. The van der Waals surface area contributed by atoms with E-state index >= 15 is 0 Å². The second-order valence-corrected chi connectivity index (χ2v) is 5.24. The van der Waals surface area contributed by atoms with Crippen molar-refractivity contribution in [3.05, 3.63) is 71.8 Å². The van der Waals surface area contributed by atoms with Crippen LogP contribution in [0.1, 0.15) is 18.1 Å². The molecular weight excluding hydrogens is 278 g/mol. The average Bonchev–Trinajstić information content (AvgIpc) is 2.56. The third-order valence-corrected chi connectivity index (χ3v) is 3.58. The lowest BCUT2D eigenvalue weighted by molar-refractivity contribution is -0.156. The first-order valence-corrected chi connectivity index (χ1v) is 7.36. The van der Waals surface area contributed by atoms with E-state index in [1.807, 2.05) is 60.7 Å². The summed E-state index contributed by atoms with van der Waals surface area (Å²) in [5.74, 6) is -0.454. The van der Waals surface area contributed by atoms with E-state index in [-0.39, 0.29) is 6.61 Å². The highest BCUT2D eigenvalue weighted by atomic mass is 16.5. The van der Waals surface area contributed by atoms with Gasteiger partial charge in [-0.25, -0.2) is 4.79 Å². The van der Waals surface area contributed by atoms with Crippen molar-refractivity contribution in [3.63, 3.8) is 0 Å². The third kappa shape index (κ3) is 3.93. The van der Waals surface area contributed by atoms with Gasteiger partial charge in [0, 0.05) is 12.8 Å². The van der Waals surface area contributed by atoms with Crippen LogP contribution in [0.3, 0.4) is 0 Å². The summed E-state index contributed by atoms with van der Waals surface area (Å²) >= 11 is 0. The zero-order valence-corrected chi connectivity index (χ0v) is 12.7. The minimum atomic E-state index is -1.20. The summed E-state index contributed by atoms with van der Waals surface area (Å²) in [4.78, 5) is 12.5. The Morgan fingerprint density at radius 2 is 1.45 bits per heavy atom. The molecule has 4 heteroatoms. The molecule has 116 valence electrons. The SMILES string of the molecule is CCOC(=O)C(Cc1ccccc1)(Cc1ccccc1)NO. The molecule has 0 aliphatic carbocycles. The number of hydrogen-bond acceptors (Lipinski definition) is 4. The van der Waals surface area contributed by atoms with Gasteiger partial charge in [0.2, 0.25) is 0 Å². The van der Waals surface area contributed by atoms with Crippen LogP contribution in [0.25, 0.3) is 0 Å². The van der Waals surface area contributed by atoms with Crippen LogP contribution in [-0.4, -0.2) is 23.3 Å². The van der Waals surface area contributed by atoms with Gasteiger partial charge in [0.15, 0.2) is 0 Å². The number of nitrogens with one attached hydrogen (secondary N) is 1. The molecule has 2 rings (SSSR count). The number of rotatable bonds is 7. The van der Waals surface area contributed by atoms with E-state index in [1.54, 1.807) is 6.92 Å². The van der Waals surface area contributed by atoms with Gasteiger partial charge in [-0.1, -0.05) is 60.7 Å². The molecule has 22 heavy (non-hydrogen) atoms. The predicted octanol–water partition coefficient (Wildman–Crippen LogP) is 2.75. The van der Waals surface area contributed by atoms with Crippen molar-refractivity contribution in [3.8, 4) is 0 Å². The number of carbonyl (C=O) groups excluding carboxylic acids is 1. The van der Waals surface area contributed by atoms with Crippen LogP contribution < -0.4 is 5.48 Å². The Kier molecular flexibility index (Phi) is 5.69. The number of hydrogen-bond donors (Lipinski definition) is 2. The fourth-order valence-electron chi connectivity index (χ4n) is 2.49. The Labute approximate surface area is 130 Å². The molecular formula is C18H21NO3. The molecule has 0 spiro atoms. The first-order valence-electron chi connectivity index (χ1n) is 7.36. The standard InChI is InChI=1S/C18H21NO3/c1-2-22-17(20)18(19-21,13-15-9-5-3-6-10-15)14-16-11-7-4-8-12-16/h3-12,19,21H,2,13-14H2,1H3. The first-order chi connectivity index (χ1) is 10.7. The minimum Gasteiger partial charge on any atom is -0.465 e. The second kappa shape index (κ2) is 7.73. The molecule has 0 bridgehead atoms. The molecule has 2 N–H and O–H groups in total. The van der Waals surface area contributed by atoms with E-state index in [2.05, 4.69) is 5.48 Å². The maximum Gasteiger partial charge on any atom is 0.329 e. The lowest BCUT2D eigenvalue weighted by Gasteiger charge is -2.30. The summed E-state index contributed by atoms with van der Waals surface area (Å²) in [6, 6.07) is 19.2. The van der Waals surface area contributed by atoms with Gasteiger partial charge in [0.25, 0.3) is 0 Å². The van der Waals surface area contributed by atoms with Gasteiger partial charge in [-0.05, 0) is 18.1 Å². The largest absolute Gasteiger partial charge is 0.465 e. The Hall–Kier alpha value is -2.17. The Bertz CT molecular complexity index is 542. The lowest BCUT2D eigenvalue weighted by Crippen LogP contribution is -2.55. The fraction of sp³-hybridized carbons (Fsp3) is 0.278. The van der Waals surface area contributed by atoms with Crippen LogP contribution in [0.4, 0.5) is 0 Å². The molecule has 4 nitrogen and oxygen atoms in total. The molecule has 0 atom stereocenters. The molecule has 0 unspecified atom stereocenters. The van der Waals surface area contributed by atoms with Crippen molar-refractivity contribution in [2.24, 2.45) is 0 Å². The molecule has 0 radical (unpaired) electrons. The average molecular weight is 299 g/mol. The molecule has 0 heterocycles. The molecule has 0 saturated heterocycles. The summed E-state index contributed by atoms with van der Waals surface area (Å²) in [6.07, 6.45) is 0.691. The van der Waals surface area contributed by atoms with Crippen LogP contribution in [-0.2, 0) is 22.4 Å². The van der Waals surface area contributed by atoms with Crippen molar-refractivity contribution in [1.82, 2.24) is 5.48 Å². The number of benzene rings is 2. The minimum absolute atomic E-state index is 0.270. The van der Waals surface area contributed by atoms with E-state index < -0.39 is 11.5 Å². The van der Waals surface area contributed by atoms with Gasteiger partial charge in [-0.3, -0.25) is 0 Å². The van der Waals surface area contributed by atoms with Gasteiger partial charge < -0.3 is 9.94 Å². The monoisotopic (exact) mass is 299 g/mol. The van der Waals surface area contributed by atoms with Gasteiger partial charge >= 0.3 is 5.97 Å². The maximum atomic E-state index is 12.5. The smallest absolute Gasteiger partial charge is 0.329 e. The maximum absolute atomic E-state index is 12.5. The van der Waals surface area contributed by atoms with Gasteiger partial charge in [-0.15, -0.1) is 0 Å². The van der Waals surface area contributed by atoms with Crippen LogP contribution in [0.5, 0.6) is 0 Å². The lowest BCUT2D eigenvalue weighted by atomic mass is 9.85. The Balaban J connectivity index is 2.31. The first kappa shape index (κ1) is 16.2. The third-order valence-electron chi connectivity index (χ3n) is 3.58. The van der Waals surface area contributed by atoms with Crippen LogP contribution in [0.15, 0.2) is 60.7 Å². The van der Waals surface area contributed by atoms with Gasteiger partial charge in [0.1, 0.15) is 5.54 Å². The highest BCUT2D eigenvalue weighted by Gasteiger charge is 2.40.